The van der Waals surface area contributed by atoms with E-state index in [2.05, 4.69) is 15.0 Å². The largest absolute Gasteiger partial charge is 0.489 e. The van der Waals surface area contributed by atoms with E-state index in [0.717, 1.165) is 34.7 Å². The smallest absolute Gasteiger partial charge is 0.416 e. The molecule has 154 valence electrons. The third-order valence-corrected chi connectivity index (χ3v) is 5.51. The number of aromatic amines is 1. The number of pyridine rings is 1. The van der Waals surface area contributed by atoms with Crippen LogP contribution in [-0.4, -0.2) is 15.0 Å². The number of thioether (sulfide) groups is 1. The lowest BCUT2D eigenvalue weighted by atomic mass is 10.2. The topological polar surface area (TPSA) is 50.8 Å². The molecule has 30 heavy (non-hydrogen) atoms. The predicted molar refractivity (Wildman–Crippen MR) is 110 cm³/mol. The second-order valence-corrected chi connectivity index (χ2v) is 7.68. The first-order valence-corrected chi connectivity index (χ1v) is 10.2. The Morgan fingerprint density at radius 2 is 1.87 bits per heavy atom. The lowest BCUT2D eigenvalue weighted by Gasteiger charge is -2.11. The summed E-state index contributed by atoms with van der Waals surface area (Å²) in [6.45, 7) is 2.40. The number of imidazole rings is 1. The summed E-state index contributed by atoms with van der Waals surface area (Å²) in [6.07, 6.45) is -2.70. The molecular weight excluding hydrogens is 411 g/mol. The highest BCUT2D eigenvalue weighted by Crippen LogP contribution is 2.32. The zero-order valence-corrected chi connectivity index (χ0v) is 16.8. The molecule has 0 aliphatic heterocycles. The van der Waals surface area contributed by atoms with Crippen molar-refractivity contribution in [2.75, 3.05) is 0 Å². The third kappa shape index (κ3) is 4.59. The van der Waals surface area contributed by atoms with Crippen molar-refractivity contribution in [1.29, 1.82) is 0 Å². The van der Waals surface area contributed by atoms with Crippen molar-refractivity contribution < 1.29 is 17.9 Å². The van der Waals surface area contributed by atoms with E-state index in [0.29, 0.717) is 23.0 Å². The van der Waals surface area contributed by atoms with Crippen molar-refractivity contribution in [3.05, 3.63) is 83.2 Å². The molecule has 4 rings (SSSR count). The zero-order chi connectivity index (χ0) is 21.1. The highest BCUT2D eigenvalue weighted by Gasteiger charge is 2.30. The number of ether oxygens (including phenoxy) is 1. The van der Waals surface area contributed by atoms with E-state index in [1.165, 1.54) is 17.8 Å². The van der Waals surface area contributed by atoms with Crippen LogP contribution in [0.1, 0.15) is 22.4 Å². The van der Waals surface area contributed by atoms with E-state index in [1.54, 1.807) is 6.20 Å². The zero-order valence-electron chi connectivity index (χ0n) is 16.0. The van der Waals surface area contributed by atoms with Gasteiger partial charge < -0.3 is 9.72 Å². The van der Waals surface area contributed by atoms with Crippen LogP contribution in [0.2, 0.25) is 0 Å². The molecule has 4 nitrogen and oxygen atoms in total. The molecule has 1 N–H and O–H groups in total. The van der Waals surface area contributed by atoms with Crippen molar-refractivity contribution in [1.82, 2.24) is 15.0 Å². The molecule has 0 radical (unpaired) electrons. The number of benzene rings is 2. The van der Waals surface area contributed by atoms with Gasteiger partial charge in [-0.25, -0.2) is 4.98 Å². The number of nitrogens with zero attached hydrogens (tertiary/aromatic N) is 2. The Morgan fingerprint density at radius 3 is 2.63 bits per heavy atom. The summed E-state index contributed by atoms with van der Waals surface area (Å²) in [5, 5.41) is 0.543. The summed E-state index contributed by atoms with van der Waals surface area (Å²) in [5.74, 6) is 1.27. The normalized spacial score (nSPS) is 11.7. The van der Waals surface area contributed by atoms with Gasteiger partial charge in [-0.1, -0.05) is 42.1 Å². The van der Waals surface area contributed by atoms with Gasteiger partial charge in [0.15, 0.2) is 5.16 Å². The van der Waals surface area contributed by atoms with E-state index in [4.69, 9.17) is 4.74 Å². The number of hydrogen-bond acceptors (Lipinski definition) is 4. The quantitative estimate of drug-likeness (QED) is 0.373. The van der Waals surface area contributed by atoms with Crippen LogP contribution >= 0.6 is 11.8 Å². The van der Waals surface area contributed by atoms with Crippen LogP contribution < -0.4 is 4.74 Å². The Labute approximate surface area is 175 Å². The van der Waals surface area contributed by atoms with Gasteiger partial charge in [0.25, 0.3) is 0 Å². The predicted octanol–water partition coefficient (Wildman–Crippen LogP) is 6.16. The molecule has 0 unspecified atom stereocenters. The Hall–Kier alpha value is -3.00. The highest BCUT2D eigenvalue weighted by atomic mass is 32.2. The molecule has 0 saturated carbocycles. The Balaban J connectivity index is 1.46. The summed E-state index contributed by atoms with van der Waals surface area (Å²) >= 11 is 1.38. The monoisotopic (exact) mass is 429 g/mol. The Bertz CT molecular complexity index is 1160. The standard InChI is InChI=1S/C22H18F3N3OS/c1-14-19(26-10-9-20(14)29-12-15-5-3-2-4-6-15)13-30-21-27-17-8-7-16(22(23,24)25)11-18(17)28-21/h2-11H,12-13H2,1H3,(H,27,28). The average Bonchev–Trinajstić information content (AvgIpc) is 3.14. The van der Waals surface area contributed by atoms with Gasteiger partial charge in [0.05, 0.1) is 22.3 Å². The fourth-order valence-electron chi connectivity index (χ4n) is 2.96. The van der Waals surface area contributed by atoms with E-state index in [9.17, 15) is 13.2 Å². The van der Waals surface area contributed by atoms with Crippen molar-refractivity contribution >= 4 is 22.8 Å². The van der Waals surface area contributed by atoms with Gasteiger partial charge in [-0.05, 0) is 36.8 Å². The molecule has 2 heterocycles. The molecule has 0 amide bonds. The molecular formula is C22H18F3N3OS. The van der Waals surface area contributed by atoms with E-state index >= 15 is 0 Å². The molecule has 0 atom stereocenters. The van der Waals surface area contributed by atoms with E-state index in [-0.39, 0.29) is 5.52 Å². The molecule has 4 aromatic rings. The molecule has 0 saturated heterocycles. The first-order valence-electron chi connectivity index (χ1n) is 9.21. The minimum absolute atomic E-state index is 0.289. The highest BCUT2D eigenvalue weighted by molar-refractivity contribution is 7.98. The van der Waals surface area contributed by atoms with Crippen molar-refractivity contribution in [3.8, 4) is 5.75 Å². The van der Waals surface area contributed by atoms with Crippen LogP contribution in [0.3, 0.4) is 0 Å². The number of hydrogen-bond donors (Lipinski definition) is 1. The maximum absolute atomic E-state index is 12.9. The number of alkyl halides is 3. The molecule has 0 aliphatic carbocycles. The molecule has 0 spiro atoms. The first-order chi connectivity index (χ1) is 14.4. The fraction of sp³-hybridized carbons (Fsp3) is 0.182. The van der Waals surface area contributed by atoms with E-state index < -0.39 is 11.7 Å². The minimum atomic E-state index is -4.39. The summed E-state index contributed by atoms with van der Waals surface area (Å²) in [7, 11) is 0. The summed E-state index contributed by atoms with van der Waals surface area (Å²) in [4.78, 5) is 11.7. The second-order valence-electron chi connectivity index (χ2n) is 6.72. The molecule has 0 aliphatic rings. The van der Waals surface area contributed by atoms with E-state index in [1.807, 2.05) is 43.3 Å². The van der Waals surface area contributed by atoms with Gasteiger partial charge in [-0.3, -0.25) is 4.98 Å². The Kier molecular flexibility index (Phi) is 5.67. The molecule has 0 bridgehead atoms. The van der Waals surface area contributed by atoms with Gasteiger partial charge >= 0.3 is 6.18 Å². The summed E-state index contributed by atoms with van der Waals surface area (Å²) in [6, 6.07) is 15.2. The maximum atomic E-state index is 12.9. The lowest BCUT2D eigenvalue weighted by molar-refractivity contribution is -0.137. The molecule has 2 aromatic carbocycles. The number of halogens is 3. The number of H-pyrrole nitrogens is 1. The third-order valence-electron chi connectivity index (χ3n) is 4.63. The average molecular weight is 429 g/mol. The number of aromatic nitrogens is 3. The van der Waals surface area contributed by atoms with Crippen LogP contribution in [0.15, 0.2) is 66.0 Å². The van der Waals surface area contributed by atoms with Gasteiger partial charge in [0, 0.05) is 17.5 Å². The van der Waals surface area contributed by atoms with Crippen LogP contribution in [0.25, 0.3) is 11.0 Å². The maximum Gasteiger partial charge on any atom is 0.416 e. The van der Waals surface area contributed by atoms with Gasteiger partial charge in [-0.15, -0.1) is 0 Å². The van der Waals surface area contributed by atoms with Gasteiger partial charge in [0.2, 0.25) is 0 Å². The number of fused-ring (bicyclic) bond motifs is 1. The fourth-order valence-corrected chi connectivity index (χ4v) is 3.87. The SMILES string of the molecule is Cc1c(OCc2ccccc2)ccnc1CSc1nc2cc(C(F)(F)F)ccc2[nH]1. The van der Waals surface area contributed by atoms with Crippen molar-refractivity contribution in [2.24, 2.45) is 0 Å². The number of rotatable bonds is 6. The summed E-state index contributed by atoms with van der Waals surface area (Å²) < 4.78 is 44.6. The lowest BCUT2D eigenvalue weighted by Crippen LogP contribution is -2.04. The van der Waals surface area contributed by atoms with Crippen molar-refractivity contribution in [2.45, 2.75) is 30.6 Å². The molecule has 8 heteroatoms. The van der Waals surface area contributed by atoms with Gasteiger partial charge in [-0.2, -0.15) is 13.2 Å². The molecule has 2 aromatic heterocycles. The van der Waals surface area contributed by atoms with Crippen molar-refractivity contribution in [3.63, 3.8) is 0 Å². The molecule has 0 fully saturated rings. The van der Waals surface area contributed by atoms with Gasteiger partial charge in [0.1, 0.15) is 12.4 Å². The number of nitrogens with one attached hydrogen (secondary N) is 1. The van der Waals surface area contributed by atoms with Crippen LogP contribution in [0.5, 0.6) is 5.75 Å². The van der Waals surface area contributed by atoms with Crippen LogP contribution in [0.4, 0.5) is 13.2 Å². The summed E-state index contributed by atoms with van der Waals surface area (Å²) in [5.41, 5.74) is 2.98. The minimum Gasteiger partial charge on any atom is -0.489 e. The Morgan fingerprint density at radius 1 is 1.07 bits per heavy atom. The van der Waals surface area contributed by atoms with Crippen LogP contribution in [-0.2, 0) is 18.5 Å². The second kappa shape index (κ2) is 8.39. The first kappa shape index (κ1) is 20.3. The van der Waals surface area contributed by atoms with Crippen LogP contribution in [0, 0.1) is 6.92 Å².